The lowest BCUT2D eigenvalue weighted by molar-refractivity contribution is -0.116. The molecule has 0 saturated carbocycles. The van der Waals surface area contributed by atoms with Crippen LogP contribution in [0.15, 0.2) is 83.3 Å². The van der Waals surface area contributed by atoms with Crippen molar-refractivity contribution >= 4 is 44.2 Å². The summed E-state index contributed by atoms with van der Waals surface area (Å²) < 4.78 is 0.983. The number of nitrogens with zero attached hydrogens (tertiary/aromatic N) is 3. The zero-order chi connectivity index (χ0) is 22.3. The first-order valence-electron chi connectivity index (χ1n) is 10.8. The summed E-state index contributed by atoms with van der Waals surface area (Å²) in [4.78, 5) is 24.5. The molecule has 0 unspecified atom stereocenters. The Morgan fingerprint density at radius 3 is 2.50 bits per heavy atom. The van der Waals surface area contributed by atoms with Crippen LogP contribution in [-0.4, -0.2) is 29.0 Å². The number of hydrogen-bond donors (Lipinski definition) is 1. The molecule has 0 aliphatic carbocycles. The highest BCUT2D eigenvalue weighted by molar-refractivity contribution is 9.10. The Balaban J connectivity index is 1.64. The van der Waals surface area contributed by atoms with Gasteiger partial charge in [-0.15, -0.1) is 0 Å². The Labute approximate surface area is 196 Å². The van der Waals surface area contributed by atoms with E-state index in [1.807, 2.05) is 78.9 Å². The van der Waals surface area contributed by atoms with Crippen LogP contribution in [-0.2, 0) is 4.79 Å². The molecule has 0 aliphatic heterocycles. The number of aromatic nitrogens is 2. The van der Waals surface area contributed by atoms with Crippen LogP contribution in [0.1, 0.15) is 19.8 Å². The normalized spacial score (nSPS) is 10.8. The maximum atomic E-state index is 12.6. The minimum absolute atomic E-state index is 0.0112. The monoisotopic (exact) mass is 488 g/mol. The summed E-state index contributed by atoms with van der Waals surface area (Å²) in [5.41, 5.74) is 2.65. The summed E-state index contributed by atoms with van der Waals surface area (Å²) in [6.07, 6.45) is 1.32. The molecule has 1 amide bonds. The molecule has 162 valence electrons. The van der Waals surface area contributed by atoms with Gasteiger partial charge in [-0.2, -0.15) is 0 Å². The van der Waals surface area contributed by atoms with E-state index in [4.69, 9.17) is 9.97 Å². The van der Waals surface area contributed by atoms with Gasteiger partial charge in [0.15, 0.2) is 5.82 Å². The number of rotatable bonds is 8. The van der Waals surface area contributed by atoms with Crippen molar-refractivity contribution in [1.29, 1.82) is 0 Å². The highest BCUT2D eigenvalue weighted by Gasteiger charge is 2.16. The third kappa shape index (κ3) is 5.32. The van der Waals surface area contributed by atoms with Gasteiger partial charge >= 0.3 is 0 Å². The molecule has 0 atom stereocenters. The number of halogens is 1. The van der Waals surface area contributed by atoms with Crippen molar-refractivity contribution < 1.29 is 4.79 Å². The second kappa shape index (κ2) is 10.4. The number of amides is 1. The summed E-state index contributed by atoms with van der Waals surface area (Å²) in [6, 6.07) is 25.6. The number of hydrogen-bond acceptors (Lipinski definition) is 4. The molecular formula is C26H25BrN4O. The van der Waals surface area contributed by atoms with E-state index in [-0.39, 0.29) is 5.91 Å². The first-order valence-corrected chi connectivity index (χ1v) is 11.6. The molecule has 0 bridgehead atoms. The largest absolute Gasteiger partial charge is 0.355 e. The minimum atomic E-state index is -0.0112. The van der Waals surface area contributed by atoms with Crippen molar-refractivity contribution in [1.82, 2.24) is 9.97 Å². The van der Waals surface area contributed by atoms with Crippen molar-refractivity contribution in [3.05, 3.63) is 83.3 Å². The lowest BCUT2D eigenvalue weighted by Gasteiger charge is -2.25. The van der Waals surface area contributed by atoms with Crippen LogP contribution in [0.5, 0.6) is 0 Å². The smallest absolute Gasteiger partial charge is 0.226 e. The van der Waals surface area contributed by atoms with Crippen LogP contribution in [0.4, 0.5) is 11.5 Å². The van der Waals surface area contributed by atoms with Crippen molar-refractivity contribution in [3.63, 3.8) is 0 Å². The van der Waals surface area contributed by atoms with Gasteiger partial charge in [0, 0.05) is 40.6 Å². The van der Waals surface area contributed by atoms with Gasteiger partial charge in [-0.3, -0.25) is 4.79 Å². The molecule has 1 heterocycles. The Bertz CT molecular complexity index is 1210. The fourth-order valence-electron chi connectivity index (χ4n) is 3.63. The zero-order valence-electron chi connectivity index (χ0n) is 18.0. The number of fused-ring (bicyclic) bond motifs is 1. The van der Waals surface area contributed by atoms with E-state index in [2.05, 4.69) is 33.1 Å². The lowest BCUT2D eigenvalue weighted by Crippen LogP contribution is -2.29. The van der Waals surface area contributed by atoms with Gasteiger partial charge in [-0.1, -0.05) is 65.3 Å². The van der Waals surface area contributed by atoms with Crippen LogP contribution < -0.4 is 10.2 Å². The van der Waals surface area contributed by atoms with E-state index < -0.39 is 0 Å². The zero-order valence-corrected chi connectivity index (χ0v) is 19.5. The summed E-state index contributed by atoms with van der Waals surface area (Å²) in [5.74, 6) is 1.53. The topological polar surface area (TPSA) is 58.1 Å². The van der Waals surface area contributed by atoms with Gasteiger partial charge in [0.05, 0.1) is 5.52 Å². The number of carbonyl (C=O) groups excluding carboxylic acids is 1. The number of para-hydroxylation sites is 2. The molecule has 1 N–H and O–H groups in total. The predicted molar refractivity (Wildman–Crippen MR) is 135 cm³/mol. The first-order chi connectivity index (χ1) is 15.6. The Morgan fingerprint density at radius 2 is 1.72 bits per heavy atom. The van der Waals surface area contributed by atoms with Crippen molar-refractivity contribution in [2.24, 2.45) is 0 Å². The van der Waals surface area contributed by atoms with Crippen molar-refractivity contribution in [3.8, 4) is 11.4 Å². The summed E-state index contributed by atoms with van der Waals surface area (Å²) >= 11 is 3.54. The summed E-state index contributed by atoms with van der Waals surface area (Å²) in [7, 11) is 0. The fraction of sp³-hybridized carbons (Fsp3) is 0.192. The fourth-order valence-corrected chi connectivity index (χ4v) is 4.03. The van der Waals surface area contributed by atoms with E-state index in [1.165, 1.54) is 0 Å². The van der Waals surface area contributed by atoms with Crippen molar-refractivity contribution in [2.45, 2.75) is 19.8 Å². The van der Waals surface area contributed by atoms with Gasteiger partial charge < -0.3 is 10.2 Å². The molecule has 0 spiro atoms. The molecule has 5 nitrogen and oxygen atoms in total. The second-order valence-corrected chi connectivity index (χ2v) is 8.47. The maximum absolute atomic E-state index is 12.6. The molecular weight excluding hydrogens is 464 g/mol. The third-order valence-corrected chi connectivity index (χ3v) is 5.62. The quantitative estimate of drug-likeness (QED) is 0.315. The molecule has 0 radical (unpaired) electrons. The molecule has 4 aromatic rings. The second-order valence-electron chi connectivity index (χ2n) is 7.55. The van der Waals surface area contributed by atoms with E-state index in [1.54, 1.807) is 0 Å². The molecule has 6 heteroatoms. The third-order valence-electron chi connectivity index (χ3n) is 5.13. The highest BCUT2D eigenvalue weighted by Crippen LogP contribution is 2.29. The molecule has 4 rings (SSSR count). The van der Waals surface area contributed by atoms with Gasteiger partial charge in [0.1, 0.15) is 5.82 Å². The molecule has 3 aromatic carbocycles. The average molecular weight is 489 g/mol. The Kier molecular flexibility index (Phi) is 7.12. The van der Waals surface area contributed by atoms with Gasteiger partial charge in [0.2, 0.25) is 5.91 Å². The number of nitrogens with one attached hydrogen (secondary N) is 1. The number of benzene rings is 3. The highest BCUT2D eigenvalue weighted by atomic mass is 79.9. The van der Waals surface area contributed by atoms with E-state index >= 15 is 0 Å². The van der Waals surface area contributed by atoms with E-state index in [9.17, 15) is 4.79 Å². The standard InChI is InChI=1S/C26H25BrN4O/c1-2-16-31(17-15-24(32)28-21-11-4-3-5-12-21)26-22-13-6-7-14-23(22)29-25(30-26)19-9-8-10-20(27)18-19/h3-14,18H,2,15-17H2,1H3,(H,28,32). The molecule has 1 aromatic heterocycles. The van der Waals surface area contributed by atoms with Crippen LogP contribution in [0.3, 0.4) is 0 Å². The van der Waals surface area contributed by atoms with Crippen LogP contribution in [0.2, 0.25) is 0 Å². The Hall–Kier alpha value is -3.25. The maximum Gasteiger partial charge on any atom is 0.226 e. The van der Waals surface area contributed by atoms with E-state index in [0.29, 0.717) is 18.8 Å². The lowest BCUT2D eigenvalue weighted by atomic mass is 10.1. The van der Waals surface area contributed by atoms with Crippen LogP contribution in [0, 0.1) is 0 Å². The van der Waals surface area contributed by atoms with Gasteiger partial charge in [-0.05, 0) is 42.8 Å². The molecule has 32 heavy (non-hydrogen) atoms. The summed E-state index contributed by atoms with van der Waals surface area (Å²) in [5, 5.41) is 3.96. The van der Waals surface area contributed by atoms with Crippen LogP contribution >= 0.6 is 15.9 Å². The number of anilines is 2. The molecule has 0 saturated heterocycles. The predicted octanol–water partition coefficient (Wildman–Crippen LogP) is 6.30. The SMILES string of the molecule is CCCN(CCC(=O)Nc1ccccc1)c1nc(-c2cccc(Br)c2)nc2ccccc12. The van der Waals surface area contributed by atoms with E-state index in [0.717, 1.165) is 45.4 Å². The van der Waals surface area contributed by atoms with Crippen molar-refractivity contribution in [2.75, 3.05) is 23.3 Å². The van der Waals surface area contributed by atoms with Gasteiger partial charge in [-0.25, -0.2) is 9.97 Å². The number of carbonyl (C=O) groups is 1. The average Bonchev–Trinajstić information content (AvgIpc) is 2.82. The first kappa shape index (κ1) is 22.0. The Morgan fingerprint density at radius 1 is 0.938 bits per heavy atom. The molecule has 0 aliphatic rings. The minimum Gasteiger partial charge on any atom is -0.355 e. The van der Waals surface area contributed by atoms with Gasteiger partial charge in [0.25, 0.3) is 0 Å². The summed E-state index contributed by atoms with van der Waals surface area (Å²) in [6.45, 7) is 3.51. The molecule has 0 fully saturated rings. The van der Waals surface area contributed by atoms with Crippen LogP contribution in [0.25, 0.3) is 22.3 Å².